The van der Waals surface area contributed by atoms with Crippen molar-refractivity contribution in [2.24, 2.45) is 11.0 Å². The fraction of sp³-hybridized carbons (Fsp3) is 0.333. The third-order valence-corrected chi connectivity index (χ3v) is 4.68. The molecule has 138 valence electrons. The van der Waals surface area contributed by atoms with Gasteiger partial charge in [-0.15, -0.1) is 5.10 Å². The largest absolute Gasteiger partial charge is 0.419 e. The molecule has 1 aliphatic carbocycles. The zero-order valence-electron chi connectivity index (χ0n) is 14.2. The molecule has 1 aromatic heterocycles. The first kappa shape index (κ1) is 17.4. The van der Waals surface area contributed by atoms with Gasteiger partial charge >= 0.3 is 6.18 Å². The molecule has 0 spiro atoms. The second-order valence-corrected chi connectivity index (χ2v) is 6.65. The van der Waals surface area contributed by atoms with E-state index in [0.717, 1.165) is 18.4 Å². The summed E-state index contributed by atoms with van der Waals surface area (Å²) < 4.78 is 43.1. The molecule has 0 radical (unpaired) electrons. The second kappa shape index (κ2) is 6.59. The quantitative estimate of drug-likeness (QED) is 0.344. The van der Waals surface area contributed by atoms with Gasteiger partial charge in [0, 0.05) is 11.5 Å². The van der Waals surface area contributed by atoms with Gasteiger partial charge in [-0.1, -0.05) is 40.7 Å². The SMILES string of the molecule is [N-]=[N+]=NCc1ccc(-c2ccc3c(nnn3CC3CC3)c2C(F)(F)F)cc1. The Bertz CT molecular complexity index is 1030. The number of rotatable bonds is 5. The van der Waals surface area contributed by atoms with E-state index in [0.29, 0.717) is 23.5 Å². The zero-order valence-corrected chi connectivity index (χ0v) is 14.2. The number of halogens is 3. The minimum Gasteiger partial charge on any atom is -0.244 e. The van der Waals surface area contributed by atoms with E-state index < -0.39 is 11.7 Å². The van der Waals surface area contributed by atoms with Crippen molar-refractivity contribution in [3.8, 4) is 11.1 Å². The van der Waals surface area contributed by atoms with Crippen LogP contribution in [-0.2, 0) is 19.3 Å². The average Bonchev–Trinajstić information content (AvgIpc) is 3.37. The summed E-state index contributed by atoms with van der Waals surface area (Å²) in [5.41, 5.74) is 9.07. The van der Waals surface area contributed by atoms with E-state index in [2.05, 4.69) is 20.3 Å². The molecule has 2 aromatic carbocycles. The molecule has 0 amide bonds. The van der Waals surface area contributed by atoms with Gasteiger partial charge in [-0.05, 0) is 47.0 Å². The van der Waals surface area contributed by atoms with Crippen LogP contribution >= 0.6 is 0 Å². The number of alkyl halides is 3. The third-order valence-electron chi connectivity index (χ3n) is 4.68. The molecular weight excluding hydrogens is 357 g/mol. The molecule has 1 saturated carbocycles. The molecule has 3 aromatic rings. The van der Waals surface area contributed by atoms with Crippen LogP contribution in [0.5, 0.6) is 0 Å². The van der Waals surface area contributed by atoms with E-state index in [9.17, 15) is 13.2 Å². The lowest BCUT2D eigenvalue weighted by molar-refractivity contribution is -0.135. The number of aromatic nitrogens is 3. The highest BCUT2D eigenvalue weighted by atomic mass is 19.4. The standard InChI is InChI=1S/C18H15F3N6/c19-18(20,21)16-14(13-5-3-11(4-6-13)9-23-25-22)7-8-15-17(16)24-26-27(15)10-12-1-2-12/h3-8,12H,1-2,9-10H2. The Morgan fingerprint density at radius 2 is 1.89 bits per heavy atom. The molecule has 1 heterocycles. The summed E-state index contributed by atoms with van der Waals surface area (Å²) in [5, 5.41) is 11.3. The predicted octanol–water partition coefficient (Wildman–Crippen LogP) is 5.34. The van der Waals surface area contributed by atoms with Gasteiger partial charge in [0.25, 0.3) is 0 Å². The van der Waals surface area contributed by atoms with Gasteiger partial charge in [0.05, 0.1) is 17.6 Å². The fourth-order valence-electron chi connectivity index (χ4n) is 3.15. The molecule has 0 saturated heterocycles. The van der Waals surface area contributed by atoms with Crippen LogP contribution in [0.3, 0.4) is 0 Å². The maximum absolute atomic E-state index is 13.9. The third kappa shape index (κ3) is 3.46. The summed E-state index contributed by atoms with van der Waals surface area (Å²) in [5.74, 6) is 0.479. The summed E-state index contributed by atoms with van der Waals surface area (Å²) in [4.78, 5) is 2.68. The topological polar surface area (TPSA) is 79.5 Å². The van der Waals surface area contributed by atoms with Crippen LogP contribution in [0, 0.1) is 5.92 Å². The molecule has 27 heavy (non-hydrogen) atoms. The van der Waals surface area contributed by atoms with Crippen molar-refractivity contribution in [3.05, 3.63) is 58.0 Å². The van der Waals surface area contributed by atoms with Crippen molar-refractivity contribution in [3.63, 3.8) is 0 Å². The molecule has 1 fully saturated rings. The van der Waals surface area contributed by atoms with Gasteiger partial charge in [-0.3, -0.25) is 0 Å². The highest BCUT2D eigenvalue weighted by Gasteiger charge is 2.38. The summed E-state index contributed by atoms with van der Waals surface area (Å²) in [6.45, 7) is 0.749. The normalized spacial score (nSPS) is 14.3. The minimum atomic E-state index is -4.56. The van der Waals surface area contributed by atoms with E-state index in [1.165, 1.54) is 6.07 Å². The molecule has 1 aliphatic rings. The molecule has 9 heteroatoms. The summed E-state index contributed by atoms with van der Waals surface area (Å²) >= 11 is 0. The highest BCUT2D eigenvalue weighted by molar-refractivity contribution is 5.87. The van der Waals surface area contributed by atoms with Crippen molar-refractivity contribution >= 4 is 11.0 Å². The lowest BCUT2D eigenvalue weighted by Crippen LogP contribution is -2.09. The number of nitrogens with zero attached hydrogens (tertiary/aromatic N) is 6. The number of azide groups is 1. The summed E-state index contributed by atoms with van der Waals surface area (Å²) in [6.07, 6.45) is -2.40. The summed E-state index contributed by atoms with van der Waals surface area (Å²) in [7, 11) is 0. The van der Waals surface area contributed by atoms with E-state index >= 15 is 0 Å². The van der Waals surface area contributed by atoms with Crippen molar-refractivity contribution < 1.29 is 13.2 Å². The Morgan fingerprint density at radius 1 is 1.15 bits per heavy atom. The second-order valence-electron chi connectivity index (χ2n) is 6.65. The van der Waals surface area contributed by atoms with E-state index in [4.69, 9.17) is 5.53 Å². The Hall–Kier alpha value is -3.06. The van der Waals surface area contributed by atoms with Crippen LogP contribution in [0.2, 0.25) is 0 Å². The van der Waals surface area contributed by atoms with Gasteiger partial charge < -0.3 is 0 Å². The van der Waals surface area contributed by atoms with Gasteiger partial charge in [0.15, 0.2) is 0 Å². The smallest absolute Gasteiger partial charge is 0.244 e. The van der Waals surface area contributed by atoms with Crippen molar-refractivity contribution in [2.45, 2.75) is 32.1 Å². The molecule has 0 aliphatic heterocycles. The first-order chi connectivity index (χ1) is 13.0. The molecule has 0 N–H and O–H groups in total. The van der Waals surface area contributed by atoms with Crippen LogP contribution in [-0.4, -0.2) is 15.0 Å². The van der Waals surface area contributed by atoms with Crippen LogP contribution in [0.1, 0.15) is 24.0 Å². The number of hydrogen-bond donors (Lipinski definition) is 0. The molecule has 4 rings (SSSR count). The van der Waals surface area contributed by atoms with Crippen LogP contribution in [0.25, 0.3) is 32.6 Å². The highest BCUT2D eigenvalue weighted by Crippen LogP contribution is 2.41. The molecule has 0 unspecified atom stereocenters. The predicted molar refractivity (Wildman–Crippen MR) is 93.5 cm³/mol. The van der Waals surface area contributed by atoms with Crippen molar-refractivity contribution in [2.75, 3.05) is 0 Å². The van der Waals surface area contributed by atoms with E-state index in [1.807, 2.05) is 0 Å². The van der Waals surface area contributed by atoms with Crippen LogP contribution < -0.4 is 0 Å². The van der Waals surface area contributed by atoms with Crippen LogP contribution in [0.15, 0.2) is 41.5 Å². The molecule has 0 atom stereocenters. The van der Waals surface area contributed by atoms with Crippen molar-refractivity contribution in [1.29, 1.82) is 0 Å². The Labute approximate surface area is 152 Å². The average molecular weight is 372 g/mol. The molecule has 0 bridgehead atoms. The Morgan fingerprint density at radius 3 is 2.52 bits per heavy atom. The maximum Gasteiger partial charge on any atom is 0.419 e. The fourth-order valence-corrected chi connectivity index (χ4v) is 3.15. The van der Waals surface area contributed by atoms with E-state index in [1.54, 1.807) is 35.0 Å². The van der Waals surface area contributed by atoms with E-state index in [-0.39, 0.29) is 17.6 Å². The number of hydrogen-bond acceptors (Lipinski definition) is 3. The Balaban J connectivity index is 1.81. The number of fused-ring (bicyclic) bond motifs is 1. The zero-order chi connectivity index (χ0) is 19.0. The molecular formula is C18H15F3N6. The van der Waals surface area contributed by atoms with Crippen LogP contribution in [0.4, 0.5) is 13.2 Å². The monoisotopic (exact) mass is 372 g/mol. The Kier molecular flexibility index (Phi) is 4.24. The van der Waals surface area contributed by atoms with Gasteiger partial charge in [-0.25, -0.2) is 4.68 Å². The first-order valence-electron chi connectivity index (χ1n) is 8.51. The number of benzene rings is 2. The maximum atomic E-state index is 13.9. The molecule has 6 nitrogen and oxygen atoms in total. The van der Waals surface area contributed by atoms with Gasteiger partial charge in [0.1, 0.15) is 5.52 Å². The van der Waals surface area contributed by atoms with Gasteiger partial charge in [-0.2, -0.15) is 13.2 Å². The van der Waals surface area contributed by atoms with Crippen molar-refractivity contribution in [1.82, 2.24) is 15.0 Å². The first-order valence-corrected chi connectivity index (χ1v) is 8.51. The lowest BCUT2D eigenvalue weighted by atomic mass is 9.97. The minimum absolute atomic E-state index is 0.0591. The van der Waals surface area contributed by atoms with Gasteiger partial charge in [0.2, 0.25) is 0 Å². The lowest BCUT2D eigenvalue weighted by Gasteiger charge is -2.14. The summed E-state index contributed by atoms with van der Waals surface area (Å²) in [6, 6.07) is 9.60.